The predicted molar refractivity (Wildman–Crippen MR) is 89.1 cm³/mol. The van der Waals surface area contributed by atoms with E-state index in [9.17, 15) is 18.0 Å². The molecule has 1 saturated heterocycles. The number of ketones is 1. The highest BCUT2D eigenvalue weighted by atomic mass is 32.2. The van der Waals surface area contributed by atoms with Crippen molar-refractivity contribution in [3.8, 4) is 0 Å². The zero-order valence-electron chi connectivity index (χ0n) is 13.4. The number of nitrogens with zero attached hydrogens (tertiary/aromatic N) is 1. The molecule has 0 bridgehead atoms. The molecule has 0 saturated carbocycles. The number of rotatable bonds is 7. The van der Waals surface area contributed by atoms with E-state index in [2.05, 4.69) is 0 Å². The summed E-state index contributed by atoms with van der Waals surface area (Å²) in [5.41, 5.74) is 0.661. The first-order valence-electron chi connectivity index (χ1n) is 8.01. The molecule has 0 aliphatic carbocycles. The molecule has 5 nitrogen and oxygen atoms in total. The van der Waals surface area contributed by atoms with Crippen LogP contribution in [0.1, 0.15) is 43.0 Å². The number of sulfone groups is 1. The summed E-state index contributed by atoms with van der Waals surface area (Å²) in [6.07, 6.45) is 1.62. The van der Waals surface area contributed by atoms with Crippen molar-refractivity contribution in [2.45, 2.75) is 38.6 Å². The van der Waals surface area contributed by atoms with Crippen LogP contribution in [0.5, 0.6) is 0 Å². The second kappa shape index (κ2) is 7.73. The Bertz CT molecular complexity index is 654. The maximum absolute atomic E-state index is 12.3. The molecule has 0 spiro atoms. The number of carbonyl (C=O) groups excluding carboxylic acids is 2. The van der Waals surface area contributed by atoms with Crippen LogP contribution < -0.4 is 0 Å². The number of hydrogen-bond donors (Lipinski definition) is 0. The Balaban J connectivity index is 1.82. The Morgan fingerprint density at radius 3 is 2.43 bits per heavy atom. The van der Waals surface area contributed by atoms with Gasteiger partial charge in [0.25, 0.3) is 0 Å². The van der Waals surface area contributed by atoms with E-state index < -0.39 is 9.84 Å². The third-order valence-electron chi connectivity index (χ3n) is 4.20. The van der Waals surface area contributed by atoms with Crippen LogP contribution in [-0.2, 0) is 14.6 Å². The zero-order valence-corrected chi connectivity index (χ0v) is 14.2. The first-order valence-corrected chi connectivity index (χ1v) is 9.83. The van der Waals surface area contributed by atoms with Gasteiger partial charge in [0.2, 0.25) is 5.91 Å². The van der Waals surface area contributed by atoms with Gasteiger partial charge in [0.15, 0.2) is 15.6 Å². The number of benzene rings is 1. The quantitative estimate of drug-likeness (QED) is 0.714. The van der Waals surface area contributed by atoms with Gasteiger partial charge in [-0.3, -0.25) is 9.59 Å². The molecule has 1 amide bonds. The predicted octanol–water partition coefficient (Wildman–Crippen LogP) is 2.08. The molecule has 2 rings (SSSR count). The molecular weight excluding hydrogens is 314 g/mol. The largest absolute Gasteiger partial charge is 0.339 e. The summed E-state index contributed by atoms with van der Waals surface area (Å²) in [7, 11) is -3.00. The van der Waals surface area contributed by atoms with Gasteiger partial charge in [-0.25, -0.2) is 8.42 Å². The highest BCUT2D eigenvalue weighted by Gasteiger charge is 2.33. The fourth-order valence-electron chi connectivity index (χ4n) is 2.97. The molecule has 1 aromatic carbocycles. The van der Waals surface area contributed by atoms with E-state index in [1.54, 1.807) is 17.0 Å². The van der Waals surface area contributed by atoms with Gasteiger partial charge in [-0.15, -0.1) is 0 Å². The van der Waals surface area contributed by atoms with E-state index in [1.165, 1.54) is 0 Å². The van der Waals surface area contributed by atoms with Gasteiger partial charge in [0.05, 0.1) is 11.5 Å². The molecule has 0 radical (unpaired) electrons. The average molecular weight is 337 g/mol. The Hall–Kier alpha value is -1.69. The fraction of sp³-hybridized carbons (Fsp3) is 0.529. The lowest BCUT2D eigenvalue weighted by Crippen LogP contribution is -2.40. The smallest absolute Gasteiger partial charge is 0.222 e. The van der Waals surface area contributed by atoms with Crippen LogP contribution in [0, 0.1) is 0 Å². The van der Waals surface area contributed by atoms with Crippen LogP contribution >= 0.6 is 0 Å². The van der Waals surface area contributed by atoms with Gasteiger partial charge in [-0.1, -0.05) is 30.3 Å². The summed E-state index contributed by atoms with van der Waals surface area (Å²) in [6, 6.07) is 8.82. The molecule has 126 valence electrons. The molecule has 0 N–H and O–H groups in total. The summed E-state index contributed by atoms with van der Waals surface area (Å²) in [5.74, 6) is 0.198. The highest BCUT2D eigenvalue weighted by molar-refractivity contribution is 7.91. The zero-order chi connectivity index (χ0) is 16.9. The lowest BCUT2D eigenvalue weighted by Gasteiger charge is -2.26. The van der Waals surface area contributed by atoms with E-state index in [0.717, 1.165) is 0 Å². The Labute approximate surface area is 137 Å². The van der Waals surface area contributed by atoms with Crippen LogP contribution in [0.15, 0.2) is 30.3 Å². The van der Waals surface area contributed by atoms with E-state index in [4.69, 9.17) is 0 Å². The van der Waals surface area contributed by atoms with Crippen molar-refractivity contribution in [2.75, 3.05) is 18.1 Å². The first-order chi connectivity index (χ1) is 10.9. The van der Waals surface area contributed by atoms with E-state index in [-0.39, 0.29) is 35.7 Å². The second-order valence-corrected chi connectivity index (χ2v) is 8.11. The van der Waals surface area contributed by atoms with Gasteiger partial charge < -0.3 is 4.90 Å². The SMILES string of the molecule is CCN(C(=O)CCCC(=O)c1ccccc1)C1CCS(=O)(=O)C1. The molecule has 0 aromatic heterocycles. The molecule has 1 aromatic rings. The molecular formula is C17H23NO4S. The Morgan fingerprint density at radius 2 is 1.87 bits per heavy atom. The summed E-state index contributed by atoms with van der Waals surface area (Å²) < 4.78 is 23.1. The minimum atomic E-state index is -3.00. The van der Waals surface area contributed by atoms with Crippen LogP contribution in [0.2, 0.25) is 0 Å². The van der Waals surface area contributed by atoms with Crippen LogP contribution in [-0.4, -0.2) is 49.1 Å². The van der Waals surface area contributed by atoms with Crippen molar-refractivity contribution >= 4 is 21.5 Å². The normalized spacial score (nSPS) is 19.4. The van der Waals surface area contributed by atoms with Crippen LogP contribution in [0.4, 0.5) is 0 Å². The minimum absolute atomic E-state index is 0.0323. The van der Waals surface area contributed by atoms with Crippen LogP contribution in [0.3, 0.4) is 0 Å². The maximum atomic E-state index is 12.3. The van der Waals surface area contributed by atoms with Crippen LogP contribution in [0.25, 0.3) is 0 Å². The van der Waals surface area contributed by atoms with Gasteiger partial charge in [0, 0.05) is 31.0 Å². The van der Waals surface area contributed by atoms with Crippen molar-refractivity contribution in [3.05, 3.63) is 35.9 Å². The molecule has 1 heterocycles. The molecule has 6 heteroatoms. The maximum Gasteiger partial charge on any atom is 0.222 e. The molecule has 23 heavy (non-hydrogen) atoms. The summed E-state index contributed by atoms with van der Waals surface area (Å²) in [6.45, 7) is 2.36. The number of amides is 1. The van der Waals surface area contributed by atoms with Gasteiger partial charge in [-0.05, 0) is 19.8 Å². The van der Waals surface area contributed by atoms with Gasteiger partial charge in [0.1, 0.15) is 0 Å². The molecule has 1 atom stereocenters. The minimum Gasteiger partial charge on any atom is -0.339 e. The topological polar surface area (TPSA) is 71.5 Å². The number of carbonyl (C=O) groups is 2. The van der Waals surface area contributed by atoms with Crippen molar-refractivity contribution < 1.29 is 18.0 Å². The number of Topliss-reactive ketones (excluding diaryl/α,β-unsaturated/α-hetero) is 1. The summed E-state index contributed by atoms with van der Waals surface area (Å²) in [5, 5.41) is 0. The molecule has 1 aliphatic rings. The average Bonchev–Trinajstić information content (AvgIpc) is 2.88. The lowest BCUT2D eigenvalue weighted by atomic mass is 10.0. The second-order valence-electron chi connectivity index (χ2n) is 5.88. The fourth-order valence-corrected chi connectivity index (χ4v) is 4.70. The Kier molecular flexibility index (Phi) is 5.93. The van der Waals surface area contributed by atoms with Crippen molar-refractivity contribution in [2.24, 2.45) is 0 Å². The monoisotopic (exact) mass is 337 g/mol. The van der Waals surface area contributed by atoms with E-state index >= 15 is 0 Å². The number of hydrogen-bond acceptors (Lipinski definition) is 4. The summed E-state index contributed by atoms with van der Waals surface area (Å²) >= 11 is 0. The third kappa shape index (κ3) is 4.89. The molecule has 1 aliphatic heterocycles. The molecule has 1 unspecified atom stereocenters. The molecule has 1 fully saturated rings. The van der Waals surface area contributed by atoms with Gasteiger partial charge in [-0.2, -0.15) is 0 Å². The van der Waals surface area contributed by atoms with Crippen molar-refractivity contribution in [1.82, 2.24) is 4.90 Å². The van der Waals surface area contributed by atoms with Gasteiger partial charge >= 0.3 is 0 Å². The first kappa shape index (κ1) is 17.7. The van der Waals surface area contributed by atoms with E-state index in [1.807, 2.05) is 25.1 Å². The standard InChI is InChI=1S/C17H23NO4S/c1-2-18(15-11-12-23(21,22)13-15)17(20)10-6-9-16(19)14-7-4-3-5-8-14/h3-5,7-8,15H,2,6,9-13H2,1H3. The Morgan fingerprint density at radius 1 is 1.17 bits per heavy atom. The summed E-state index contributed by atoms with van der Waals surface area (Å²) in [4.78, 5) is 26.0. The van der Waals surface area contributed by atoms with E-state index in [0.29, 0.717) is 31.4 Å². The third-order valence-corrected chi connectivity index (χ3v) is 5.95. The highest BCUT2D eigenvalue weighted by Crippen LogP contribution is 2.19. The lowest BCUT2D eigenvalue weighted by molar-refractivity contribution is -0.132. The van der Waals surface area contributed by atoms with Crippen molar-refractivity contribution in [3.63, 3.8) is 0 Å². The van der Waals surface area contributed by atoms with Crippen molar-refractivity contribution in [1.29, 1.82) is 0 Å².